The van der Waals surface area contributed by atoms with Gasteiger partial charge >= 0.3 is 0 Å². The molecule has 0 fully saturated rings. The van der Waals surface area contributed by atoms with E-state index in [9.17, 15) is 0 Å². The van der Waals surface area contributed by atoms with Gasteiger partial charge in [0.05, 0.1) is 12.2 Å². The highest BCUT2D eigenvalue weighted by Gasteiger charge is 2.26. The van der Waals surface area contributed by atoms with Crippen LogP contribution in [-0.4, -0.2) is 25.3 Å². The molecule has 2 aromatic heterocycles. The molecule has 0 saturated heterocycles. The molecule has 7 heteroatoms. The lowest BCUT2D eigenvalue weighted by atomic mass is 9.91. The topological polar surface area (TPSA) is 76.7 Å². The van der Waals surface area contributed by atoms with Crippen molar-refractivity contribution in [1.29, 1.82) is 0 Å². The highest BCUT2D eigenvalue weighted by atomic mass is 32.1. The summed E-state index contributed by atoms with van der Waals surface area (Å²) in [6, 6.07) is 0. The van der Waals surface area contributed by atoms with E-state index in [0.29, 0.717) is 18.3 Å². The third-order valence-corrected chi connectivity index (χ3v) is 3.34. The summed E-state index contributed by atoms with van der Waals surface area (Å²) in [7, 11) is 0. The van der Waals surface area contributed by atoms with Crippen LogP contribution in [0.15, 0.2) is 4.42 Å². The molecule has 0 spiro atoms. The van der Waals surface area contributed by atoms with Crippen LogP contribution in [0.2, 0.25) is 0 Å². The average Bonchev–Trinajstić information content (AvgIpc) is 2.93. The average molecular weight is 295 g/mol. The van der Waals surface area contributed by atoms with Crippen molar-refractivity contribution in [2.45, 2.75) is 59.0 Å². The van der Waals surface area contributed by atoms with Crippen molar-refractivity contribution in [2.24, 2.45) is 0 Å². The van der Waals surface area contributed by atoms with Gasteiger partial charge in [0.1, 0.15) is 4.88 Å². The number of nitrogens with zero attached hydrogens (tertiary/aromatic N) is 4. The molecule has 1 N–H and O–H groups in total. The highest BCUT2D eigenvalue weighted by molar-refractivity contribution is 7.09. The fraction of sp³-hybridized carbons (Fsp3) is 0.692. The van der Waals surface area contributed by atoms with E-state index in [2.05, 4.69) is 66.6 Å². The van der Waals surface area contributed by atoms with Crippen molar-refractivity contribution >= 4 is 11.5 Å². The largest absolute Gasteiger partial charge is 0.418 e. The number of nitrogens with one attached hydrogen (secondary N) is 1. The van der Waals surface area contributed by atoms with Crippen molar-refractivity contribution in [3.05, 3.63) is 11.6 Å². The van der Waals surface area contributed by atoms with Crippen LogP contribution in [0.5, 0.6) is 0 Å². The molecule has 2 rings (SSSR count). The Morgan fingerprint density at radius 2 is 1.75 bits per heavy atom. The van der Waals surface area contributed by atoms with Crippen molar-refractivity contribution in [3.63, 3.8) is 0 Å². The minimum atomic E-state index is -0.0966. The van der Waals surface area contributed by atoms with E-state index in [-0.39, 0.29) is 11.0 Å². The fourth-order valence-corrected chi connectivity index (χ4v) is 2.38. The summed E-state index contributed by atoms with van der Waals surface area (Å²) in [6.07, 6.45) is 0. The molecule has 0 bridgehead atoms. The Labute approximate surface area is 123 Å². The van der Waals surface area contributed by atoms with Crippen LogP contribution in [0.4, 0.5) is 0 Å². The minimum absolute atomic E-state index is 0.0112. The van der Waals surface area contributed by atoms with Crippen LogP contribution in [-0.2, 0) is 12.0 Å². The van der Waals surface area contributed by atoms with Gasteiger partial charge in [0.25, 0.3) is 5.89 Å². The maximum Gasteiger partial charge on any atom is 0.261 e. The molecule has 0 aliphatic rings. The zero-order chi connectivity index (χ0) is 15.0. The lowest BCUT2D eigenvalue weighted by Crippen LogP contribution is -2.35. The lowest BCUT2D eigenvalue weighted by molar-refractivity contribution is 0.383. The molecule has 2 heterocycles. The van der Waals surface area contributed by atoms with Gasteiger partial charge < -0.3 is 9.73 Å². The Kier molecular flexibility index (Phi) is 3.93. The van der Waals surface area contributed by atoms with Gasteiger partial charge in [-0.05, 0) is 32.3 Å². The van der Waals surface area contributed by atoms with Crippen LogP contribution >= 0.6 is 11.5 Å². The van der Waals surface area contributed by atoms with Gasteiger partial charge in [-0.3, -0.25) is 0 Å². The molecular weight excluding hydrogens is 274 g/mol. The summed E-state index contributed by atoms with van der Waals surface area (Å²) in [5.41, 5.74) is 0.805. The third-order valence-electron chi connectivity index (χ3n) is 2.63. The second-order valence-corrected chi connectivity index (χ2v) is 7.56. The SMILES string of the molecule is CC(C)(C)NCc1nnc(-c2snnc2C(C)(C)C)o1. The number of hydrogen-bond donors (Lipinski definition) is 1. The van der Waals surface area contributed by atoms with Crippen LogP contribution in [0.3, 0.4) is 0 Å². The molecule has 6 nitrogen and oxygen atoms in total. The number of rotatable bonds is 3. The molecule has 110 valence electrons. The quantitative estimate of drug-likeness (QED) is 0.938. The van der Waals surface area contributed by atoms with Gasteiger partial charge in [-0.25, -0.2) is 0 Å². The van der Waals surface area contributed by atoms with Crippen LogP contribution < -0.4 is 5.32 Å². The van der Waals surface area contributed by atoms with Gasteiger partial charge in [0.2, 0.25) is 5.89 Å². The Morgan fingerprint density at radius 3 is 2.35 bits per heavy atom. The highest BCUT2D eigenvalue weighted by Crippen LogP contribution is 2.33. The summed E-state index contributed by atoms with van der Waals surface area (Å²) in [6.45, 7) is 13.1. The Hall–Kier alpha value is -1.34. The Bertz CT molecular complexity index is 576. The van der Waals surface area contributed by atoms with Crippen LogP contribution in [0.1, 0.15) is 53.1 Å². The van der Waals surface area contributed by atoms with E-state index in [1.807, 2.05) is 0 Å². The summed E-state index contributed by atoms with van der Waals surface area (Å²) >= 11 is 1.29. The number of hydrogen-bond acceptors (Lipinski definition) is 7. The third kappa shape index (κ3) is 3.61. The first-order valence-electron chi connectivity index (χ1n) is 6.57. The van der Waals surface area contributed by atoms with Gasteiger partial charge in [0.15, 0.2) is 0 Å². The smallest absolute Gasteiger partial charge is 0.261 e. The lowest BCUT2D eigenvalue weighted by Gasteiger charge is -2.18. The summed E-state index contributed by atoms with van der Waals surface area (Å²) < 4.78 is 9.71. The number of aromatic nitrogens is 4. The Balaban J connectivity index is 2.20. The van der Waals surface area contributed by atoms with Crippen LogP contribution in [0, 0.1) is 0 Å². The molecule has 0 saturated carbocycles. The monoisotopic (exact) mass is 295 g/mol. The maximum absolute atomic E-state index is 5.70. The minimum Gasteiger partial charge on any atom is -0.418 e. The second kappa shape index (κ2) is 5.21. The first kappa shape index (κ1) is 15.1. The van der Waals surface area contributed by atoms with Gasteiger partial charge in [0, 0.05) is 11.0 Å². The summed E-state index contributed by atoms with van der Waals surface area (Å²) in [5.74, 6) is 1.07. The molecule has 2 aromatic rings. The molecule has 0 aromatic carbocycles. The molecule has 0 amide bonds. The predicted octanol–water partition coefficient (Wildman–Crippen LogP) is 2.77. The van der Waals surface area contributed by atoms with Crippen molar-refractivity contribution in [2.75, 3.05) is 0 Å². The van der Waals surface area contributed by atoms with Crippen molar-refractivity contribution < 1.29 is 4.42 Å². The first-order chi connectivity index (χ1) is 9.17. The maximum atomic E-state index is 5.70. The predicted molar refractivity (Wildman–Crippen MR) is 78.5 cm³/mol. The molecule has 0 unspecified atom stereocenters. The van der Waals surface area contributed by atoms with Crippen molar-refractivity contribution in [1.82, 2.24) is 25.1 Å². The van der Waals surface area contributed by atoms with E-state index < -0.39 is 0 Å². The van der Waals surface area contributed by atoms with Gasteiger partial charge in [-0.15, -0.1) is 15.3 Å². The summed E-state index contributed by atoms with van der Waals surface area (Å²) in [5, 5.41) is 15.7. The van der Waals surface area contributed by atoms with E-state index >= 15 is 0 Å². The fourth-order valence-electron chi connectivity index (χ4n) is 1.58. The normalized spacial score (nSPS) is 12.9. The Morgan fingerprint density at radius 1 is 1.05 bits per heavy atom. The zero-order valence-corrected chi connectivity index (χ0v) is 13.6. The van der Waals surface area contributed by atoms with E-state index in [1.54, 1.807) is 0 Å². The molecular formula is C13H21N5OS. The van der Waals surface area contributed by atoms with Crippen molar-refractivity contribution in [3.8, 4) is 10.8 Å². The molecule has 0 radical (unpaired) electrons. The van der Waals surface area contributed by atoms with Gasteiger partial charge in [-0.2, -0.15) is 0 Å². The molecule has 0 atom stereocenters. The van der Waals surface area contributed by atoms with Gasteiger partial charge in [-0.1, -0.05) is 25.3 Å². The second-order valence-electron chi connectivity index (χ2n) is 6.81. The standard InChI is InChI=1S/C13H21N5OS/c1-12(2,3)10-9(20-18-16-10)11-17-15-8(19-11)7-14-13(4,5)6/h14H,7H2,1-6H3. The molecule has 20 heavy (non-hydrogen) atoms. The van der Waals surface area contributed by atoms with E-state index in [4.69, 9.17) is 4.42 Å². The van der Waals surface area contributed by atoms with E-state index in [0.717, 1.165) is 10.6 Å². The first-order valence-corrected chi connectivity index (χ1v) is 7.35. The zero-order valence-electron chi connectivity index (χ0n) is 12.8. The summed E-state index contributed by atoms with van der Waals surface area (Å²) in [4.78, 5) is 0.854. The van der Waals surface area contributed by atoms with Crippen LogP contribution in [0.25, 0.3) is 10.8 Å². The van der Waals surface area contributed by atoms with E-state index in [1.165, 1.54) is 11.5 Å². The molecule has 0 aliphatic carbocycles. The molecule has 0 aliphatic heterocycles.